The number of hydrogen-bond donors (Lipinski definition) is 1. The zero-order valence-electron chi connectivity index (χ0n) is 12.6. The molecule has 0 aliphatic heterocycles. The second-order valence-electron chi connectivity index (χ2n) is 6.01. The minimum absolute atomic E-state index is 0.0986. The summed E-state index contributed by atoms with van der Waals surface area (Å²) in [6.45, 7) is 2.29. The number of rotatable bonds is 2. The molecule has 1 N–H and O–H groups in total. The van der Waals surface area contributed by atoms with E-state index in [9.17, 15) is 4.39 Å². The molecule has 0 fully saturated rings. The van der Waals surface area contributed by atoms with Crippen molar-refractivity contribution in [3.63, 3.8) is 0 Å². The fraction of sp³-hybridized carbons (Fsp3) is 0.294. The highest BCUT2D eigenvalue weighted by atomic mass is 35.5. The van der Waals surface area contributed by atoms with Gasteiger partial charge in [0, 0.05) is 10.6 Å². The number of hydrogen-bond acceptors (Lipinski definition) is 4. The topological polar surface area (TPSA) is 37.8 Å². The Balaban J connectivity index is 1.79. The highest BCUT2D eigenvalue weighted by Crippen LogP contribution is 2.40. The van der Waals surface area contributed by atoms with Gasteiger partial charge in [-0.2, -0.15) is 0 Å². The van der Waals surface area contributed by atoms with Crippen LogP contribution in [-0.4, -0.2) is 9.97 Å². The van der Waals surface area contributed by atoms with Gasteiger partial charge in [-0.3, -0.25) is 0 Å². The number of thiophene rings is 1. The molecule has 2 aromatic heterocycles. The predicted octanol–water partition coefficient (Wildman–Crippen LogP) is 5.35. The summed E-state index contributed by atoms with van der Waals surface area (Å²) in [5.41, 5.74) is 2.08. The lowest BCUT2D eigenvalue weighted by Crippen LogP contribution is -2.09. The Hall–Kier alpha value is -1.72. The summed E-state index contributed by atoms with van der Waals surface area (Å²) >= 11 is 7.62. The number of halogens is 2. The van der Waals surface area contributed by atoms with Crippen LogP contribution in [0.25, 0.3) is 10.2 Å². The molecule has 0 radical (unpaired) electrons. The van der Waals surface area contributed by atoms with Crippen LogP contribution in [-0.2, 0) is 12.8 Å². The molecule has 3 nitrogen and oxygen atoms in total. The van der Waals surface area contributed by atoms with Crippen LogP contribution in [0.2, 0.25) is 5.02 Å². The molecule has 1 atom stereocenters. The van der Waals surface area contributed by atoms with Crippen molar-refractivity contribution in [3.8, 4) is 0 Å². The zero-order chi connectivity index (χ0) is 16.0. The van der Waals surface area contributed by atoms with Gasteiger partial charge in [-0.05, 0) is 48.9 Å². The van der Waals surface area contributed by atoms with Crippen LogP contribution in [0.3, 0.4) is 0 Å². The van der Waals surface area contributed by atoms with Crippen molar-refractivity contribution in [2.24, 2.45) is 5.92 Å². The third kappa shape index (κ3) is 2.68. The van der Waals surface area contributed by atoms with E-state index in [-0.39, 0.29) is 5.02 Å². The highest BCUT2D eigenvalue weighted by Gasteiger charge is 2.23. The molecule has 0 bridgehead atoms. The van der Waals surface area contributed by atoms with Gasteiger partial charge in [-0.25, -0.2) is 14.4 Å². The molecule has 1 aliphatic carbocycles. The van der Waals surface area contributed by atoms with Crippen LogP contribution in [0, 0.1) is 11.7 Å². The Morgan fingerprint density at radius 2 is 2.22 bits per heavy atom. The lowest BCUT2D eigenvalue weighted by atomic mass is 9.89. The molecule has 23 heavy (non-hydrogen) atoms. The predicted molar refractivity (Wildman–Crippen MR) is 93.3 cm³/mol. The van der Waals surface area contributed by atoms with E-state index in [0.717, 1.165) is 40.5 Å². The molecule has 3 aromatic rings. The molecule has 0 spiro atoms. The zero-order valence-corrected chi connectivity index (χ0v) is 14.1. The fourth-order valence-electron chi connectivity index (χ4n) is 3.08. The Morgan fingerprint density at radius 3 is 3.04 bits per heavy atom. The lowest BCUT2D eigenvalue weighted by Gasteiger charge is -2.18. The van der Waals surface area contributed by atoms with Gasteiger partial charge in [0.15, 0.2) is 0 Å². The molecule has 4 rings (SSSR count). The van der Waals surface area contributed by atoms with E-state index in [1.54, 1.807) is 29.8 Å². The first-order valence-electron chi connectivity index (χ1n) is 7.59. The molecular formula is C17H15ClFN3S. The molecule has 0 saturated heterocycles. The van der Waals surface area contributed by atoms with Crippen LogP contribution in [0.1, 0.15) is 23.8 Å². The molecule has 118 valence electrons. The van der Waals surface area contributed by atoms with Crippen molar-refractivity contribution in [2.45, 2.75) is 26.2 Å². The van der Waals surface area contributed by atoms with Crippen molar-refractivity contribution in [2.75, 3.05) is 5.32 Å². The summed E-state index contributed by atoms with van der Waals surface area (Å²) in [6, 6.07) is 4.59. The van der Waals surface area contributed by atoms with Crippen LogP contribution < -0.4 is 5.32 Å². The Kier molecular flexibility index (Phi) is 3.70. The van der Waals surface area contributed by atoms with Gasteiger partial charge in [0.1, 0.15) is 22.8 Å². The van der Waals surface area contributed by atoms with Crippen LogP contribution >= 0.6 is 22.9 Å². The van der Waals surface area contributed by atoms with E-state index in [0.29, 0.717) is 0 Å². The van der Waals surface area contributed by atoms with Crippen molar-refractivity contribution < 1.29 is 4.39 Å². The van der Waals surface area contributed by atoms with E-state index in [1.807, 2.05) is 0 Å². The van der Waals surface area contributed by atoms with E-state index in [4.69, 9.17) is 11.6 Å². The van der Waals surface area contributed by atoms with Gasteiger partial charge in [-0.15, -0.1) is 11.3 Å². The SMILES string of the molecule is C[C@@H]1CCc2c(sc3ncnc(Nc4ccc(F)c(Cl)c4)c23)C1. The van der Waals surface area contributed by atoms with Crippen LogP contribution in [0.15, 0.2) is 24.5 Å². The number of aromatic nitrogens is 2. The molecule has 0 amide bonds. The molecule has 1 aliphatic rings. The van der Waals surface area contributed by atoms with Crippen LogP contribution in [0.5, 0.6) is 0 Å². The molecule has 0 saturated carbocycles. The van der Waals surface area contributed by atoms with Gasteiger partial charge in [-0.1, -0.05) is 18.5 Å². The standard InChI is InChI=1S/C17H15ClFN3S/c1-9-2-4-11-14(6-9)23-17-15(11)16(20-8-21-17)22-10-3-5-13(19)12(18)7-10/h3,5,7-9H,2,4,6H2,1H3,(H,20,21,22)/t9-/m1/s1. The van der Waals surface area contributed by atoms with Gasteiger partial charge in [0.25, 0.3) is 0 Å². The number of nitrogens with zero attached hydrogens (tertiary/aromatic N) is 2. The number of aryl methyl sites for hydroxylation is 1. The summed E-state index contributed by atoms with van der Waals surface area (Å²) < 4.78 is 13.3. The average Bonchev–Trinajstić information content (AvgIpc) is 2.89. The van der Waals surface area contributed by atoms with E-state index < -0.39 is 5.82 Å². The summed E-state index contributed by atoms with van der Waals surface area (Å²) in [4.78, 5) is 11.3. The van der Waals surface area contributed by atoms with Gasteiger partial charge in [0.05, 0.1) is 10.4 Å². The van der Waals surface area contributed by atoms with E-state index in [1.165, 1.54) is 22.9 Å². The third-order valence-corrected chi connectivity index (χ3v) is 5.73. The minimum atomic E-state index is -0.424. The average molecular weight is 348 g/mol. The first-order valence-corrected chi connectivity index (χ1v) is 8.78. The number of nitrogens with one attached hydrogen (secondary N) is 1. The second-order valence-corrected chi connectivity index (χ2v) is 7.50. The van der Waals surface area contributed by atoms with E-state index in [2.05, 4.69) is 22.2 Å². The Morgan fingerprint density at radius 1 is 1.35 bits per heavy atom. The molecular weight excluding hydrogens is 333 g/mol. The van der Waals surface area contributed by atoms with Crippen molar-refractivity contribution in [3.05, 3.63) is 45.8 Å². The number of benzene rings is 1. The third-order valence-electron chi connectivity index (χ3n) is 4.27. The van der Waals surface area contributed by atoms with Crippen molar-refractivity contribution in [1.29, 1.82) is 0 Å². The van der Waals surface area contributed by atoms with E-state index >= 15 is 0 Å². The molecule has 2 heterocycles. The monoisotopic (exact) mass is 347 g/mol. The second kappa shape index (κ2) is 5.73. The Labute approximate surface area is 142 Å². The normalized spacial score (nSPS) is 17.3. The maximum absolute atomic E-state index is 13.3. The Bertz CT molecular complexity index is 893. The van der Waals surface area contributed by atoms with Crippen molar-refractivity contribution in [1.82, 2.24) is 9.97 Å². The van der Waals surface area contributed by atoms with Gasteiger partial charge >= 0.3 is 0 Å². The summed E-state index contributed by atoms with van der Waals surface area (Å²) in [7, 11) is 0. The highest BCUT2D eigenvalue weighted by molar-refractivity contribution is 7.19. The summed E-state index contributed by atoms with van der Waals surface area (Å²) in [6.07, 6.45) is 4.93. The maximum Gasteiger partial charge on any atom is 0.142 e. The van der Waals surface area contributed by atoms with Gasteiger partial charge in [0.2, 0.25) is 0 Å². The minimum Gasteiger partial charge on any atom is -0.340 e. The lowest BCUT2D eigenvalue weighted by molar-refractivity contribution is 0.509. The van der Waals surface area contributed by atoms with Gasteiger partial charge < -0.3 is 5.32 Å². The first kappa shape index (κ1) is 14.8. The fourth-order valence-corrected chi connectivity index (χ4v) is 4.61. The molecule has 1 aromatic carbocycles. The molecule has 0 unspecified atom stereocenters. The summed E-state index contributed by atoms with van der Waals surface area (Å²) in [5, 5.41) is 4.46. The summed E-state index contributed by atoms with van der Waals surface area (Å²) in [5.74, 6) is 1.06. The number of fused-ring (bicyclic) bond motifs is 3. The number of anilines is 2. The molecule has 6 heteroatoms. The maximum atomic E-state index is 13.3. The van der Waals surface area contributed by atoms with Crippen LogP contribution in [0.4, 0.5) is 15.9 Å². The largest absolute Gasteiger partial charge is 0.340 e. The smallest absolute Gasteiger partial charge is 0.142 e. The first-order chi connectivity index (χ1) is 11.1. The van der Waals surface area contributed by atoms with Crippen molar-refractivity contribution >= 4 is 44.7 Å². The quantitative estimate of drug-likeness (QED) is 0.678.